The number of carbonyl (C=O) groups excluding carboxylic acids is 1. The molecule has 0 spiro atoms. The van der Waals surface area contributed by atoms with Gasteiger partial charge in [0.1, 0.15) is 4.21 Å². The van der Waals surface area contributed by atoms with Gasteiger partial charge >= 0.3 is 0 Å². The molecule has 0 unspecified atom stereocenters. The molecule has 0 fully saturated rings. The lowest BCUT2D eigenvalue weighted by atomic mass is 10.0. The first-order valence-corrected chi connectivity index (χ1v) is 11.8. The van der Waals surface area contributed by atoms with Crippen LogP contribution in [0.5, 0.6) is 0 Å². The normalized spacial score (nSPS) is 12.4. The second-order valence-corrected chi connectivity index (χ2v) is 10.3. The highest BCUT2D eigenvalue weighted by Crippen LogP contribution is 2.29. The van der Waals surface area contributed by atoms with E-state index in [2.05, 4.69) is 10.0 Å². The Labute approximate surface area is 183 Å². The van der Waals surface area contributed by atoms with Crippen molar-refractivity contribution >= 4 is 56.2 Å². The minimum Gasteiger partial charge on any atom is -0.345 e. The first-order valence-electron chi connectivity index (χ1n) is 8.73. The van der Waals surface area contributed by atoms with Gasteiger partial charge in [0.25, 0.3) is 15.9 Å². The van der Waals surface area contributed by atoms with E-state index in [0.29, 0.717) is 15.8 Å². The van der Waals surface area contributed by atoms with Crippen LogP contribution in [0, 0.1) is 0 Å². The van der Waals surface area contributed by atoms with Gasteiger partial charge in [-0.3, -0.25) is 9.52 Å². The molecule has 1 aromatic heterocycles. The summed E-state index contributed by atoms with van der Waals surface area (Å²) in [5, 5.41) is 3.27. The van der Waals surface area contributed by atoms with Crippen LogP contribution in [0.25, 0.3) is 0 Å². The predicted octanol–water partition coefficient (Wildman–Crippen LogP) is 5.74. The molecule has 152 valence electrons. The summed E-state index contributed by atoms with van der Waals surface area (Å²) in [6.07, 6.45) is 0.672. The Hall–Kier alpha value is -2.06. The summed E-state index contributed by atoms with van der Waals surface area (Å²) in [6.45, 7) is 1.96. The highest BCUT2D eigenvalue weighted by atomic mass is 35.5. The van der Waals surface area contributed by atoms with Crippen LogP contribution in [0.15, 0.2) is 64.9 Å². The Bertz CT molecular complexity index is 1120. The molecule has 0 aliphatic rings. The number of amides is 1. The number of sulfonamides is 1. The summed E-state index contributed by atoms with van der Waals surface area (Å²) in [7, 11) is -3.89. The molecule has 5 nitrogen and oxygen atoms in total. The molecule has 1 heterocycles. The van der Waals surface area contributed by atoms with Crippen LogP contribution in [0.2, 0.25) is 9.36 Å². The fourth-order valence-electron chi connectivity index (χ4n) is 2.77. The van der Waals surface area contributed by atoms with Crippen molar-refractivity contribution in [1.82, 2.24) is 5.32 Å². The summed E-state index contributed by atoms with van der Waals surface area (Å²) in [6, 6.07) is 16.7. The number of carbonyl (C=O) groups is 1. The van der Waals surface area contributed by atoms with E-state index in [1.54, 1.807) is 0 Å². The zero-order chi connectivity index (χ0) is 21.0. The summed E-state index contributed by atoms with van der Waals surface area (Å²) in [5.74, 6) is -0.426. The molecule has 3 aromatic rings. The third kappa shape index (κ3) is 5.30. The van der Waals surface area contributed by atoms with E-state index in [1.165, 1.54) is 30.3 Å². The fourth-order valence-corrected chi connectivity index (χ4v) is 5.51. The average Bonchev–Trinajstić information content (AvgIpc) is 3.15. The van der Waals surface area contributed by atoms with Crippen molar-refractivity contribution in [1.29, 1.82) is 0 Å². The van der Waals surface area contributed by atoms with Gasteiger partial charge in [0, 0.05) is 5.02 Å². The Morgan fingerprint density at radius 3 is 2.41 bits per heavy atom. The van der Waals surface area contributed by atoms with E-state index < -0.39 is 15.9 Å². The van der Waals surface area contributed by atoms with E-state index in [-0.39, 0.29) is 21.5 Å². The molecule has 0 aliphatic heterocycles. The van der Waals surface area contributed by atoms with Crippen LogP contribution in [0.4, 0.5) is 5.69 Å². The van der Waals surface area contributed by atoms with Gasteiger partial charge in [-0.25, -0.2) is 8.42 Å². The second-order valence-electron chi connectivity index (χ2n) is 6.20. The van der Waals surface area contributed by atoms with E-state index in [0.717, 1.165) is 16.9 Å². The molecule has 9 heteroatoms. The van der Waals surface area contributed by atoms with E-state index >= 15 is 0 Å². The molecule has 1 amide bonds. The molecule has 0 saturated heterocycles. The molecule has 2 aromatic carbocycles. The van der Waals surface area contributed by atoms with Gasteiger partial charge in [0.15, 0.2) is 0 Å². The van der Waals surface area contributed by atoms with Crippen LogP contribution >= 0.6 is 34.5 Å². The molecule has 0 aliphatic carbocycles. The molecule has 0 bridgehead atoms. The molecule has 3 rings (SSSR count). The number of hydrogen-bond acceptors (Lipinski definition) is 4. The van der Waals surface area contributed by atoms with Gasteiger partial charge < -0.3 is 5.32 Å². The smallest absolute Gasteiger partial charge is 0.271 e. The van der Waals surface area contributed by atoms with Crippen LogP contribution in [0.3, 0.4) is 0 Å². The lowest BCUT2D eigenvalue weighted by Gasteiger charge is -2.19. The zero-order valence-electron chi connectivity index (χ0n) is 15.4. The topological polar surface area (TPSA) is 75.3 Å². The average molecular weight is 469 g/mol. The van der Waals surface area contributed by atoms with Gasteiger partial charge in [-0.05, 0) is 42.3 Å². The lowest BCUT2D eigenvalue weighted by Crippen LogP contribution is -2.29. The standard InChI is InChI=1S/C20H18Cl2N2O3S2/c1-2-16(13-6-4-3-5-7-13)23-20(25)15-12-14(21)8-9-17(15)24-29(26,27)19-11-10-18(22)28-19/h3-12,16,24H,2H2,1H3,(H,23,25)/t16-/m0/s1. The SMILES string of the molecule is CC[C@H](NC(=O)c1cc(Cl)ccc1NS(=O)(=O)c1ccc(Cl)s1)c1ccccc1. The highest BCUT2D eigenvalue weighted by molar-refractivity contribution is 7.94. The first-order chi connectivity index (χ1) is 13.8. The highest BCUT2D eigenvalue weighted by Gasteiger charge is 2.22. The van der Waals surface area contributed by atoms with Gasteiger partial charge in [0.2, 0.25) is 0 Å². The van der Waals surface area contributed by atoms with E-state index in [9.17, 15) is 13.2 Å². The summed E-state index contributed by atoms with van der Waals surface area (Å²) >= 11 is 12.8. The number of nitrogens with one attached hydrogen (secondary N) is 2. The number of benzene rings is 2. The molecular formula is C20H18Cl2N2O3S2. The van der Waals surface area contributed by atoms with Crippen LogP contribution in [-0.2, 0) is 10.0 Å². The van der Waals surface area contributed by atoms with Gasteiger partial charge in [-0.1, -0.05) is 60.5 Å². The zero-order valence-corrected chi connectivity index (χ0v) is 18.5. The second kappa shape index (κ2) is 9.17. The Balaban J connectivity index is 1.89. The fraction of sp³-hybridized carbons (Fsp3) is 0.150. The Kier molecular flexibility index (Phi) is 6.85. The number of halogens is 2. The largest absolute Gasteiger partial charge is 0.345 e. The third-order valence-corrected chi connectivity index (χ3v) is 7.52. The maximum atomic E-state index is 13.0. The van der Waals surface area contributed by atoms with Crippen molar-refractivity contribution in [2.45, 2.75) is 23.6 Å². The van der Waals surface area contributed by atoms with Crippen LogP contribution in [-0.4, -0.2) is 14.3 Å². The van der Waals surface area contributed by atoms with Crippen LogP contribution < -0.4 is 10.0 Å². The van der Waals surface area contributed by atoms with Gasteiger partial charge in [-0.2, -0.15) is 0 Å². The van der Waals surface area contributed by atoms with Crippen molar-refractivity contribution in [3.63, 3.8) is 0 Å². The molecule has 29 heavy (non-hydrogen) atoms. The first kappa shape index (κ1) is 21.6. The minimum atomic E-state index is -3.89. The van der Waals surface area contributed by atoms with Crippen molar-refractivity contribution < 1.29 is 13.2 Å². The number of thiophene rings is 1. The van der Waals surface area contributed by atoms with E-state index in [1.807, 2.05) is 37.3 Å². The maximum Gasteiger partial charge on any atom is 0.271 e. The van der Waals surface area contributed by atoms with Crippen molar-refractivity contribution in [2.75, 3.05) is 4.72 Å². The Morgan fingerprint density at radius 2 is 1.79 bits per heavy atom. The number of anilines is 1. The van der Waals surface area contributed by atoms with Crippen molar-refractivity contribution in [3.8, 4) is 0 Å². The quantitative estimate of drug-likeness (QED) is 0.464. The summed E-state index contributed by atoms with van der Waals surface area (Å²) in [4.78, 5) is 13.0. The summed E-state index contributed by atoms with van der Waals surface area (Å²) < 4.78 is 28.2. The molecular weight excluding hydrogens is 451 g/mol. The van der Waals surface area contributed by atoms with Gasteiger partial charge in [-0.15, -0.1) is 11.3 Å². The lowest BCUT2D eigenvalue weighted by molar-refractivity contribution is 0.0936. The number of rotatable bonds is 7. The minimum absolute atomic E-state index is 0.0551. The van der Waals surface area contributed by atoms with Crippen LogP contribution in [0.1, 0.15) is 35.3 Å². The maximum absolute atomic E-state index is 13.0. The van der Waals surface area contributed by atoms with Crippen molar-refractivity contribution in [3.05, 3.63) is 81.1 Å². The predicted molar refractivity (Wildman–Crippen MR) is 119 cm³/mol. The third-order valence-electron chi connectivity index (χ3n) is 4.20. The summed E-state index contributed by atoms with van der Waals surface area (Å²) in [5.41, 5.74) is 1.23. The number of hydrogen-bond donors (Lipinski definition) is 2. The van der Waals surface area contributed by atoms with Crippen molar-refractivity contribution in [2.24, 2.45) is 0 Å². The van der Waals surface area contributed by atoms with Gasteiger partial charge in [0.05, 0.1) is 21.6 Å². The van der Waals surface area contributed by atoms with E-state index in [4.69, 9.17) is 23.2 Å². The molecule has 1 atom stereocenters. The monoisotopic (exact) mass is 468 g/mol. The molecule has 2 N–H and O–H groups in total. The Morgan fingerprint density at radius 1 is 1.07 bits per heavy atom. The molecule has 0 saturated carbocycles. The molecule has 0 radical (unpaired) electrons.